The van der Waals surface area contributed by atoms with Gasteiger partial charge in [0.25, 0.3) is 11.1 Å². The summed E-state index contributed by atoms with van der Waals surface area (Å²) in [7, 11) is 1.58. The van der Waals surface area contributed by atoms with Crippen LogP contribution in [0.3, 0.4) is 0 Å². The highest BCUT2D eigenvalue weighted by atomic mass is 79.9. The summed E-state index contributed by atoms with van der Waals surface area (Å²) in [6.07, 6.45) is 2.29. The molecule has 10 heteroatoms. The Morgan fingerprint density at radius 3 is 2.48 bits per heavy atom. The predicted molar refractivity (Wildman–Crippen MR) is 132 cm³/mol. The fraction of sp³-hybridized carbons (Fsp3) is 0.238. The van der Waals surface area contributed by atoms with Crippen LogP contribution in [-0.4, -0.2) is 36.3 Å². The zero-order valence-electron chi connectivity index (χ0n) is 16.3. The SMILES string of the molecule is COCCCN1C(=O)S/C(=C/c2cc(Br)c(OCc3ccc(Cl)cc3Cl)c(Br)c2)C1=O. The van der Waals surface area contributed by atoms with E-state index in [0.29, 0.717) is 49.2 Å². The maximum Gasteiger partial charge on any atom is 0.293 e. The van der Waals surface area contributed by atoms with Gasteiger partial charge in [-0.1, -0.05) is 29.3 Å². The molecule has 0 aliphatic carbocycles. The maximum absolute atomic E-state index is 12.6. The maximum atomic E-state index is 12.6. The van der Waals surface area contributed by atoms with Gasteiger partial charge in [0.2, 0.25) is 0 Å². The monoisotopic (exact) mass is 607 g/mol. The normalized spacial score (nSPS) is 15.3. The van der Waals surface area contributed by atoms with Crippen LogP contribution in [0.1, 0.15) is 17.5 Å². The molecule has 0 saturated carbocycles. The van der Waals surface area contributed by atoms with Gasteiger partial charge < -0.3 is 9.47 Å². The van der Waals surface area contributed by atoms with E-state index in [0.717, 1.165) is 22.9 Å². The minimum Gasteiger partial charge on any atom is -0.486 e. The molecule has 0 bridgehead atoms. The van der Waals surface area contributed by atoms with E-state index in [1.165, 1.54) is 4.90 Å². The van der Waals surface area contributed by atoms with Gasteiger partial charge in [-0.2, -0.15) is 0 Å². The van der Waals surface area contributed by atoms with Crippen LogP contribution in [0, 0.1) is 0 Å². The van der Waals surface area contributed by atoms with E-state index in [9.17, 15) is 9.59 Å². The molecule has 164 valence electrons. The second-order valence-electron chi connectivity index (χ2n) is 6.52. The number of ether oxygens (including phenoxy) is 2. The lowest BCUT2D eigenvalue weighted by atomic mass is 10.2. The number of hydrogen-bond acceptors (Lipinski definition) is 5. The molecule has 0 atom stereocenters. The number of carbonyl (C=O) groups excluding carboxylic acids is 2. The van der Waals surface area contributed by atoms with Crippen LogP contribution >= 0.6 is 66.8 Å². The first-order valence-electron chi connectivity index (χ1n) is 9.10. The topological polar surface area (TPSA) is 55.8 Å². The minimum absolute atomic E-state index is 0.257. The molecule has 2 aromatic rings. The molecule has 1 fully saturated rings. The van der Waals surface area contributed by atoms with Crippen LogP contribution in [0.15, 0.2) is 44.2 Å². The van der Waals surface area contributed by atoms with Gasteiger partial charge in [-0.15, -0.1) is 0 Å². The molecule has 1 saturated heterocycles. The predicted octanol–water partition coefficient (Wildman–Crippen LogP) is 7.17. The Kier molecular flexibility index (Phi) is 8.90. The van der Waals surface area contributed by atoms with Crippen molar-refractivity contribution >= 4 is 84.0 Å². The van der Waals surface area contributed by atoms with Crippen molar-refractivity contribution < 1.29 is 19.1 Å². The molecule has 3 rings (SSSR count). The van der Waals surface area contributed by atoms with E-state index >= 15 is 0 Å². The minimum atomic E-state index is -0.295. The number of nitrogens with zero attached hydrogens (tertiary/aromatic N) is 1. The largest absolute Gasteiger partial charge is 0.486 e. The van der Waals surface area contributed by atoms with Crippen molar-refractivity contribution in [3.8, 4) is 5.75 Å². The van der Waals surface area contributed by atoms with Gasteiger partial charge in [-0.25, -0.2) is 0 Å². The van der Waals surface area contributed by atoms with E-state index in [4.69, 9.17) is 32.7 Å². The molecule has 0 radical (unpaired) electrons. The Balaban J connectivity index is 1.74. The molecule has 0 unspecified atom stereocenters. The van der Waals surface area contributed by atoms with Crippen molar-refractivity contribution in [2.75, 3.05) is 20.3 Å². The number of carbonyl (C=O) groups is 2. The van der Waals surface area contributed by atoms with Crippen molar-refractivity contribution in [2.45, 2.75) is 13.0 Å². The first-order chi connectivity index (χ1) is 14.8. The third-order valence-electron chi connectivity index (χ3n) is 4.31. The quantitative estimate of drug-likeness (QED) is 0.235. The number of thioether (sulfide) groups is 1. The van der Waals surface area contributed by atoms with Crippen molar-refractivity contribution in [2.24, 2.45) is 0 Å². The van der Waals surface area contributed by atoms with Crippen molar-refractivity contribution in [3.63, 3.8) is 0 Å². The number of benzene rings is 2. The fourth-order valence-electron chi connectivity index (χ4n) is 2.80. The summed E-state index contributed by atoms with van der Waals surface area (Å²) in [6.45, 7) is 1.08. The van der Waals surface area contributed by atoms with Gasteiger partial charge in [0, 0.05) is 35.9 Å². The number of hydrogen-bond donors (Lipinski definition) is 0. The van der Waals surface area contributed by atoms with E-state index in [2.05, 4.69) is 31.9 Å². The second kappa shape index (κ2) is 11.2. The lowest BCUT2D eigenvalue weighted by Gasteiger charge is -2.13. The second-order valence-corrected chi connectivity index (χ2v) is 10.1. The Bertz CT molecular complexity index is 1030. The smallest absolute Gasteiger partial charge is 0.293 e. The number of methoxy groups -OCH3 is 1. The third kappa shape index (κ3) is 6.27. The molecule has 0 aromatic heterocycles. The van der Waals surface area contributed by atoms with Gasteiger partial charge in [0.15, 0.2) is 0 Å². The van der Waals surface area contributed by atoms with E-state index in [-0.39, 0.29) is 17.8 Å². The van der Waals surface area contributed by atoms with Crippen LogP contribution < -0.4 is 4.74 Å². The Hall–Kier alpha value is -1.03. The van der Waals surface area contributed by atoms with Crippen LogP contribution in [0.2, 0.25) is 10.0 Å². The van der Waals surface area contributed by atoms with Gasteiger partial charge in [-0.05, 0) is 85.9 Å². The van der Waals surface area contributed by atoms with Crippen molar-refractivity contribution in [1.82, 2.24) is 4.90 Å². The number of amides is 2. The van der Waals surface area contributed by atoms with Gasteiger partial charge in [-0.3, -0.25) is 14.5 Å². The standard InChI is InChI=1S/C21H17Br2Cl2NO4S/c1-29-6-2-5-26-20(27)18(31-21(26)28)9-12-7-15(22)19(16(23)8-12)30-11-13-3-4-14(24)10-17(13)25/h3-4,7-10H,2,5-6,11H2,1H3/b18-9+. The highest BCUT2D eigenvalue weighted by Crippen LogP contribution is 2.38. The molecule has 31 heavy (non-hydrogen) atoms. The summed E-state index contributed by atoms with van der Waals surface area (Å²) in [6, 6.07) is 8.87. The molecule has 5 nitrogen and oxygen atoms in total. The molecule has 2 aromatic carbocycles. The first kappa shape index (κ1) is 24.6. The number of rotatable bonds is 8. The summed E-state index contributed by atoms with van der Waals surface area (Å²) >= 11 is 20.1. The van der Waals surface area contributed by atoms with Crippen LogP contribution in [-0.2, 0) is 16.1 Å². The first-order valence-corrected chi connectivity index (χ1v) is 12.3. The molecule has 1 aliphatic rings. The van der Waals surface area contributed by atoms with Crippen LogP contribution in [0.4, 0.5) is 4.79 Å². The van der Waals surface area contributed by atoms with E-state index in [1.54, 1.807) is 25.3 Å². The molecule has 1 aliphatic heterocycles. The zero-order chi connectivity index (χ0) is 22.5. The Morgan fingerprint density at radius 2 is 1.84 bits per heavy atom. The van der Waals surface area contributed by atoms with Gasteiger partial charge in [0.1, 0.15) is 12.4 Å². The van der Waals surface area contributed by atoms with Crippen molar-refractivity contribution in [3.05, 3.63) is 65.4 Å². The summed E-state index contributed by atoms with van der Waals surface area (Å²) in [5.74, 6) is 0.298. The van der Waals surface area contributed by atoms with Crippen LogP contribution in [0.5, 0.6) is 5.75 Å². The van der Waals surface area contributed by atoms with E-state index < -0.39 is 0 Å². The number of halogens is 4. The molecular formula is C21H17Br2Cl2NO4S. The molecular weight excluding hydrogens is 593 g/mol. The Labute approximate surface area is 211 Å². The van der Waals surface area contributed by atoms with Gasteiger partial charge >= 0.3 is 0 Å². The lowest BCUT2D eigenvalue weighted by molar-refractivity contribution is -0.122. The highest BCUT2D eigenvalue weighted by Gasteiger charge is 2.34. The molecule has 0 N–H and O–H groups in total. The fourth-order valence-corrected chi connectivity index (χ4v) is 5.58. The third-order valence-corrected chi connectivity index (χ3v) is 6.98. The van der Waals surface area contributed by atoms with E-state index in [1.807, 2.05) is 18.2 Å². The average Bonchev–Trinajstić information content (AvgIpc) is 2.96. The summed E-state index contributed by atoms with van der Waals surface area (Å²) in [5.41, 5.74) is 1.55. The Morgan fingerprint density at radius 1 is 1.13 bits per heavy atom. The number of imide groups is 1. The zero-order valence-corrected chi connectivity index (χ0v) is 21.8. The summed E-state index contributed by atoms with van der Waals surface area (Å²) in [5, 5.41) is 0.812. The molecule has 2 amide bonds. The highest BCUT2D eigenvalue weighted by molar-refractivity contribution is 9.11. The molecule has 1 heterocycles. The molecule has 0 spiro atoms. The lowest BCUT2D eigenvalue weighted by Crippen LogP contribution is -2.29. The summed E-state index contributed by atoms with van der Waals surface area (Å²) in [4.78, 5) is 26.4. The van der Waals surface area contributed by atoms with Crippen LogP contribution in [0.25, 0.3) is 6.08 Å². The summed E-state index contributed by atoms with van der Waals surface area (Å²) < 4.78 is 12.3. The average molecular weight is 610 g/mol. The van der Waals surface area contributed by atoms with Crippen molar-refractivity contribution in [1.29, 1.82) is 0 Å². The van der Waals surface area contributed by atoms with Gasteiger partial charge in [0.05, 0.1) is 13.9 Å².